The lowest BCUT2D eigenvalue weighted by atomic mass is 10.2. The molecule has 0 radical (unpaired) electrons. The Morgan fingerprint density at radius 1 is 1.15 bits per heavy atom. The topological polar surface area (TPSA) is 83.6 Å². The van der Waals surface area contributed by atoms with Crippen LogP contribution in [0, 0.1) is 18.6 Å². The Morgan fingerprint density at radius 2 is 1.81 bits per heavy atom. The maximum atomic E-state index is 13.8. The molecule has 1 N–H and O–H groups in total. The Kier molecular flexibility index (Phi) is 4.97. The van der Waals surface area contributed by atoms with Crippen molar-refractivity contribution in [2.45, 2.75) is 30.7 Å². The maximum Gasteiger partial charge on any atom is 0.267 e. The van der Waals surface area contributed by atoms with Gasteiger partial charge in [0.1, 0.15) is 17.7 Å². The number of nitrogens with zero attached hydrogens (tertiary/aromatic N) is 1. The molecule has 0 saturated carbocycles. The van der Waals surface area contributed by atoms with E-state index >= 15 is 0 Å². The van der Waals surface area contributed by atoms with Gasteiger partial charge in [0, 0.05) is 12.5 Å². The van der Waals surface area contributed by atoms with Gasteiger partial charge in [0.25, 0.3) is 10.0 Å². The summed E-state index contributed by atoms with van der Waals surface area (Å²) >= 11 is 0. The second-order valence-corrected chi connectivity index (χ2v) is 7.99. The van der Waals surface area contributed by atoms with E-state index in [9.17, 15) is 26.8 Å². The number of nitrogens with one attached hydrogen (secondary N) is 1. The van der Waals surface area contributed by atoms with Crippen LogP contribution in [-0.2, 0) is 19.6 Å². The molecule has 2 aromatic rings. The van der Waals surface area contributed by atoms with Crippen molar-refractivity contribution in [3.05, 3.63) is 59.7 Å². The molecule has 6 nitrogen and oxygen atoms in total. The lowest BCUT2D eigenvalue weighted by Crippen LogP contribution is -2.45. The molecule has 3 rings (SSSR count). The molecule has 0 spiro atoms. The van der Waals surface area contributed by atoms with E-state index in [0.29, 0.717) is 10.4 Å². The van der Waals surface area contributed by atoms with E-state index in [1.165, 1.54) is 12.1 Å². The monoisotopic (exact) mass is 394 g/mol. The first-order valence-electron chi connectivity index (χ1n) is 8.10. The van der Waals surface area contributed by atoms with Crippen molar-refractivity contribution in [2.24, 2.45) is 0 Å². The third-order valence-corrected chi connectivity index (χ3v) is 6.07. The van der Waals surface area contributed by atoms with Gasteiger partial charge in [0.15, 0.2) is 0 Å². The summed E-state index contributed by atoms with van der Waals surface area (Å²) in [5.74, 6) is -3.39. The summed E-state index contributed by atoms with van der Waals surface area (Å²) in [6, 6.07) is 7.13. The van der Waals surface area contributed by atoms with Gasteiger partial charge in [-0.25, -0.2) is 21.5 Å². The number of hydrogen-bond acceptors (Lipinski definition) is 4. The average Bonchev–Trinajstić information content (AvgIpc) is 3.00. The fraction of sp³-hybridized carbons (Fsp3) is 0.222. The summed E-state index contributed by atoms with van der Waals surface area (Å²) in [5, 5.41) is 2.22. The minimum Gasteiger partial charge on any atom is -0.322 e. The average molecular weight is 394 g/mol. The van der Waals surface area contributed by atoms with Crippen LogP contribution in [0.3, 0.4) is 0 Å². The predicted octanol–water partition coefficient (Wildman–Crippen LogP) is 2.59. The Bertz CT molecular complexity index is 1010. The van der Waals surface area contributed by atoms with Crippen LogP contribution in [0.2, 0.25) is 0 Å². The Hall–Kier alpha value is -2.81. The van der Waals surface area contributed by atoms with E-state index in [1.54, 1.807) is 19.1 Å². The standard InChI is InChI=1S/C18H16F2N2O4S/c1-11-2-5-13(6-3-11)27(25,26)22-16(8-9-17(22)23)18(24)21-15-7-4-12(19)10-14(15)20/h2-7,10,16H,8-9H2,1H3,(H,21,24)/t16-/m1/s1. The first kappa shape index (κ1) is 19.0. The van der Waals surface area contributed by atoms with Crippen molar-refractivity contribution >= 4 is 27.5 Å². The number of aryl methyl sites for hydroxylation is 1. The van der Waals surface area contributed by atoms with Gasteiger partial charge in [-0.1, -0.05) is 17.7 Å². The van der Waals surface area contributed by atoms with Crippen LogP contribution in [0.15, 0.2) is 47.4 Å². The van der Waals surface area contributed by atoms with E-state index < -0.39 is 39.5 Å². The smallest absolute Gasteiger partial charge is 0.267 e. The van der Waals surface area contributed by atoms with E-state index in [4.69, 9.17) is 0 Å². The van der Waals surface area contributed by atoms with Gasteiger partial charge in [-0.2, -0.15) is 0 Å². The molecule has 1 heterocycles. The fourth-order valence-corrected chi connectivity index (χ4v) is 4.43. The number of halogens is 2. The largest absolute Gasteiger partial charge is 0.322 e. The Morgan fingerprint density at radius 3 is 2.44 bits per heavy atom. The maximum absolute atomic E-state index is 13.8. The van der Waals surface area contributed by atoms with Crippen molar-refractivity contribution in [1.29, 1.82) is 0 Å². The minimum atomic E-state index is -4.24. The van der Waals surface area contributed by atoms with E-state index in [2.05, 4.69) is 5.32 Å². The van der Waals surface area contributed by atoms with Crippen molar-refractivity contribution in [3.63, 3.8) is 0 Å². The van der Waals surface area contributed by atoms with Crippen molar-refractivity contribution in [2.75, 3.05) is 5.32 Å². The normalized spacial score (nSPS) is 17.2. The molecule has 2 amide bonds. The zero-order valence-electron chi connectivity index (χ0n) is 14.3. The molecule has 2 aromatic carbocycles. The molecular weight excluding hydrogens is 378 g/mol. The third-order valence-electron chi connectivity index (χ3n) is 4.23. The zero-order chi connectivity index (χ0) is 19.8. The van der Waals surface area contributed by atoms with Gasteiger partial charge in [-0.15, -0.1) is 0 Å². The highest BCUT2D eigenvalue weighted by molar-refractivity contribution is 7.89. The van der Waals surface area contributed by atoms with Crippen LogP contribution in [0.1, 0.15) is 18.4 Å². The second-order valence-electron chi connectivity index (χ2n) is 6.18. The highest BCUT2D eigenvalue weighted by atomic mass is 32.2. The van der Waals surface area contributed by atoms with E-state index in [-0.39, 0.29) is 23.4 Å². The summed E-state index contributed by atoms with van der Waals surface area (Å²) in [5.41, 5.74) is 0.538. The van der Waals surface area contributed by atoms with Crippen LogP contribution in [0.5, 0.6) is 0 Å². The predicted molar refractivity (Wildman–Crippen MR) is 93.2 cm³/mol. The molecule has 0 bridgehead atoms. The van der Waals surface area contributed by atoms with Gasteiger partial charge in [-0.05, 0) is 37.6 Å². The van der Waals surface area contributed by atoms with Crippen LogP contribution in [0.4, 0.5) is 14.5 Å². The number of hydrogen-bond donors (Lipinski definition) is 1. The number of amides is 2. The molecule has 0 unspecified atom stereocenters. The Balaban J connectivity index is 1.89. The quantitative estimate of drug-likeness (QED) is 0.864. The highest BCUT2D eigenvalue weighted by Crippen LogP contribution is 2.28. The van der Waals surface area contributed by atoms with Gasteiger partial charge in [0.05, 0.1) is 10.6 Å². The molecule has 0 aromatic heterocycles. The molecule has 1 atom stereocenters. The molecule has 1 saturated heterocycles. The molecule has 27 heavy (non-hydrogen) atoms. The van der Waals surface area contributed by atoms with Gasteiger partial charge in [0.2, 0.25) is 11.8 Å². The molecule has 1 aliphatic heterocycles. The molecular formula is C18H16F2N2O4S. The molecule has 1 fully saturated rings. The van der Waals surface area contributed by atoms with E-state index in [1.807, 2.05) is 0 Å². The van der Waals surface area contributed by atoms with Crippen molar-refractivity contribution < 1.29 is 26.8 Å². The van der Waals surface area contributed by atoms with Gasteiger partial charge in [-0.3, -0.25) is 9.59 Å². The first-order chi connectivity index (χ1) is 12.7. The van der Waals surface area contributed by atoms with Crippen molar-refractivity contribution in [1.82, 2.24) is 4.31 Å². The number of benzene rings is 2. The summed E-state index contributed by atoms with van der Waals surface area (Å²) in [4.78, 5) is 24.6. The first-order valence-corrected chi connectivity index (χ1v) is 9.54. The molecule has 9 heteroatoms. The van der Waals surface area contributed by atoms with Gasteiger partial charge < -0.3 is 5.32 Å². The van der Waals surface area contributed by atoms with E-state index in [0.717, 1.165) is 17.7 Å². The Labute approximate surface area is 154 Å². The van der Waals surface area contributed by atoms with Crippen LogP contribution in [-0.4, -0.2) is 30.6 Å². The summed E-state index contributed by atoms with van der Waals surface area (Å²) in [6.07, 6.45) is -0.159. The van der Waals surface area contributed by atoms with Crippen molar-refractivity contribution in [3.8, 4) is 0 Å². The SMILES string of the molecule is Cc1ccc(S(=O)(=O)N2C(=O)CC[C@@H]2C(=O)Nc2ccc(F)cc2F)cc1. The number of sulfonamides is 1. The molecule has 142 valence electrons. The second kappa shape index (κ2) is 7.07. The minimum absolute atomic E-state index is 0.0292. The number of anilines is 1. The van der Waals surface area contributed by atoms with Crippen LogP contribution >= 0.6 is 0 Å². The summed E-state index contributed by atoms with van der Waals surface area (Å²) in [6.45, 7) is 1.78. The summed E-state index contributed by atoms with van der Waals surface area (Å²) < 4.78 is 53.0. The van der Waals surface area contributed by atoms with Crippen LogP contribution in [0.25, 0.3) is 0 Å². The fourth-order valence-electron chi connectivity index (χ4n) is 2.83. The lowest BCUT2D eigenvalue weighted by Gasteiger charge is -2.24. The lowest BCUT2D eigenvalue weighted by molar-refractivity contribution is -0.128. The van der Waals surface area contributed by atoms with Gasteiger partial charge >= 0.3 is 0 Å². The summed E-state index contributed by atoms with van der Waals surface area (Å²) in [7, 11) is -4.24. The number of carbonyl (C=O) groups excluding carboxylic acids is 2. The number of carbonyl (C=O) groups is 2. The zero-order valence-corrected chi connectivity index (χ0v) is 15.1. The molecule has 1 aliphatic rings. The third kappa shape index (κ3) is 3.68. The van der Waals surface area contributed by atoms with Crippen LogP contribution < -0.4 is 5.32 Å². The highest BCUT2D eigenvalue weighted by Gasteiger charge is 2.44. The number of rotatable bonds is 4. The molecule has 0 aliphatic carbocycles.